The number of hydrogen-bond donors (Lipinski definition) is 0. The summed E-state index contributed by atoms with van der Waals surface area (Å²) in [5, 5.41) is 0. The molecule has 0 unspecified atom stereocenters. The molecule has 3 aliphatic rings. The maximum atomic E-state index is 13.3. The van der Waals surface area contributed by atoms with Gasteiger partial charge >= 0.3 is 0 Å². The Bertz CT molecular complexity index is 1030. The zero-order valence-corrected chi connectivity index (χ0v) is 21.2. The van der Waals surface area contributed by atoms with Crippen LogP contribution in [0.2, 0.25) is 0 Å². The van der Waals surface area contributed by atoms with Gasteiger partial charge in [0.25, 0.3) is 0 Å². The van der Waals surface area contributed by atoms with Crippen molar-refractivity contribution >= 4 is 27.5 Å². The second kappa shape index (κ2) is 9.02. The molecule has 1 atom stereocenters. The van der Waals surface area contributed by atoms with E-state index < -0.39 is 15.4 Å². The topological polar surface area (TPSA) is 78.0 Å². The van der Waals surface area contributed by atoms with Crippen LogP contribution in [0.1, 0.15) is 71.8 Å². The minimum Gasteiger partial charge on any atom is -0.338 e. The molecule has 8 heteroatoms. The molecule has 3 heterocycles. The Balaban J connectivity index is 1.61. The average molecular weight is 476 g/mol. The highest BCUT2D eigenvalue weighted by molar-refractivity contribution is 7.89. The first-order chi connectivity index (χ1) is 15.6. The van der Waals surface area contributed by atoms with E-state index >= 15 is 0 Å². The van der Waals surface area contributed by atoms with E-state index in [1.165, 1.54) is 0 Å². The molecule has 0 N–H and O–H groups in total. The summed E-state index contributed by atoms with van der Waals surface area (Å²) in [6.45, 7) is 9.66. The molecule has 1 aromatic rings. The van der Waals surface area contributed by atoms with Crippen molar-refractivity contribution in [1.29, 1.82) is 0 Å². The lowest BCUT2D eigenvalue weighted by Crippen LogP contribution is -2.49. The Hall–Kier alpha value is -1.93. The van der Waals surface area contributed by atoms with Gasteiger partial charge in [-0.15, -0.1) is 0 Å². The third kappa shape index (κ3) is 4.32. The van der Waals surface area contributed by atoms with E-state index in [9.17, 15) is 18.0 Å². The molecule has 2 saturated heterocycles. The Morgan fingerprint density at radius 1 is 1.09 bits per heavy atom. The number of hydrogen-bond acceptors (Lipinski definition) is 4. The highest BCUT2D eigenvalue weighted by atomic mass is 32.2. The second-order valence-electron chi connectivity index (χ2n) is 10.4. The number of fused-ring (bicyclic) bond motifs is 1. The minimum absolute atomic E-state index is 0.00186. The average Bonchev–Trinajstić information content (AvgIpc) is 2.99. The normalized spacial score (nSPS) is 24.2. The number of anilines is 1. The van der Waals surface area contributed by atoms with Crippen molar-refractivity contribution in [2.75, 3.05) is 31.1 Å². The standard InChI is InChI=1S/C25H37N3O4S/c1-5-19-8-6-7-13-27(19)23(29)17-28-22-10-9-20(16-21(22)25(3,4)24(28)30)33(31,32)26-14-11-18(2)12-15-26/h9-10,16,18-19H,5-8,11-15,17H2,1-4H3/t19-/m0/s1. The summed E-state index contributed by atoms with van der Waals surface area (Å²) >= 11 is 0. The number of benzene rings is 1. The number of amides is 2. The summed E-state index contributed by atoms with van der Waals surface area (Å²) in [7, 11) is -3.61. The van der Waals surface area contributed by atoms with Crippen LogP contribution in [0, 0.1) is 5.92 Å². The molecule has 1 aromatic carbocycles. The van der Waals surface area contributed by atoms with Crippen LogP contribution in [0.3, 0.4) is 0 Å². The van der Waals surface area contributed by atoms with E-state index in [0.717, 1.165) is 45.1 Å². The van der Waals surface area contributed by atoms with Crippen LogP contribution in [0.4, 0.5) is 5.69 Å². The fourth-order valence-corrected chi connectivity index (χ4v) is 6.98. The van der Waals surface area contributed by atoms with Gasteiger partial charge in [-0.2, -0.15) is 4.31 Å². The van der Waals surface area contributed by atoms with Gasteiger partial charge < -0.3 is 9.80 Å². The van der Waals surface area contributed by atoms with Gasteiger partial charge in [-0.1, -0.05) is 13.8 Å². The van der Waals surface area contributed by atoms with Crippen molar-refractivity contribution in [3.8, 4) is 0 Å². The van der Waals surface area contributed by atoms with Crippen LogP contribution in [-0.4, -0.2) is 61.7 Å². The highest BCUT2D eigenvalue weighted by Crippen LogP contribution is 2.43. The molecule has 4 rings (SSSR count). The third-order valence-corrected chi connectivity index (χ3v) is 9.70. The zero-order chi connectivity index (χ0) is 24.0. The molecule has 182 valence electrons. The molecule has 2 amide bonds. The maximum Gasteiger partial charge on any atom is 0.243 e. The molecule has 2 fully saturated rings. The first kappa shape index (κ1) is 24.2. The van der Waals surface area contributed by atoms with Gasteiger partial charge in [-0.25, -0.2) is 8.42 Å². The number of rotatable bonds is 5. The lowest BCUT2D eigenvalue weighted by Gasteiger charge is -2.36. The number of carbonyl (C=O) groups excluding carboxylic acids is 2. The van der Waals surface area contributed by atoms with Crippen molar-refractivity contribution in [3.05, 3.63) is 23.8 Å². The predicted molar refractivity (Wildman–Crippen MR) is 129 cm³/mol. The van der Waals surface area contributed by atoms with Gasteiger partial charge in [0.1, 0.15) is 6.54 Å². The number of sulfonamides is 1. The Kier molecular flexibility index (Phi) is 6.62. The monoisotopic (exact) mass is 475 g/mol. The maximum absolute atomic E-state index is 13.3. The minimum atomic E-state index is -3.61. The molecule has 33 heavy (non-hydrogen) atoms. The van der Waals surface area contributed by atoms with E-state index in [1.807, 2.05) is 18.7 Å². The molecule has 0 radical (unpaired) electrons. The third-order valence-electron chi connectivity index (χ3n) is 7.80. The smallest absolute Gasteiger partial charge is 0.243 e. The summed E-state index contributed by atoms with van der Waals surface area (Å²) in [4.78, 5) is 30.2. The zero-order valence-electron chi connectivity index (χ0n) is 20.3. The van der Waals surface area contributed by atoms with Crippen molar-refractivity contribution in [2.24, 2.45) is 5.92 Å². The van der Waals surface area contributed by atoms with E-state index in [4.69, 9.17) is 0 Å². The van der Waals surface area contributed by atoms with Crippen LogP contribution in [0.15, 0.2) is 23.1 Å². The summed E-state index contributed by atoms with van der Waals surface area (Å²) in [5.41, 5.74) is 0.441. The SMILES string of the molecule is CC[C@H]1CCCCN1C(=O)CN1C(=O)C(C)(C)c2cc(S(=O)(=O)N3CCC(C)CC3)ccc21. The summed E-state index contributed by atoms with van der Waals surface area (Å²) in [6, 6.07) is 5.19. The molecular formula is C25H37N3O4S. The number of carbonyl (C=O) groups is 2. The van der Waals surface area contributed by atoms with Crippen molar-refractivity contribution in [1.82, 2.24) is 9.21 Å². The van der Waals surface area contributed by atoms with Crippen LogP contribution in [0.25, 0.3) is 0 Å². The molecule has 0 aliphatic carbocycles. The first-order valence-corrected chi connectivity index (χ1v) is 13.8. The predicted octanol–water partition coefficient (Wildman–Crippen LogP) is 3.52. The quantitative estimate of drug-likeness (QED) is 0.653. The van der Waals surface area contributed by atoms with E-state index in [-0.39, 0.29) is 29.3 Å². The lowest BCUT2D eigenvalue weighted by atomic mass is 9.86. The largest absolute Gasteiger partial charge is 0.338 e. The van der Waals surface area contributed by atoms with E-state index in [2.05, 4.69) is 13.8 Å². The Morgan fingerprint density at radius 2 is 1.79 bits per heavy atom. The summed E-state index contributed by atoms with van der Waals surface area (Å²) < 4.78 is 28.1. The Morgan fingerprint density at radius 3 is 2.45 bits per heavy atom. The van der Waals surface area contributed by atoms with Gasteiger partial charge in [-0.3, -0.25) is 9.59 Å². The molecule has 3 aliphatic heterocycles. The molecule has 0 saturated carbocycles. The Labute approximate surface area is 198 Å². The summed E-state index contributed by atoms with van der Waals surface area (Å²) in [5.74, 6) is 0.348. The number of likely N-dealkylation sites (tertiary alicyclic amines) is 1. The lowest BCUT2D eigenvalue weighted by molar-refractivity contribution is -0.135. The van der Waals surface area contributed by atoms with E-state index in [1.54, 1.807) is 27.4 Å². The van der Waals surface area contributed by atoms with Crippen LogP contribution in [-0.2, 0) is 25.0 Å². The van der Waals surface area contributed by atoms with Crippen LogP contribution < -0.4 is 4.90 Å². The van der Waals surface area contributed by atoms with Gasteiger partial charge in [0.05, 0.1) is 10.3 Å². The summed E-state index contributed by atoms with van der Waals surface area (Å²) in [6.07, 6.45) is 5.77. The van der Waals surface area contributed by atoms with Gasteiger partial charge in [0, 0.05) is 31.4 Å². The highest BCUT2D eigenvalue weighted by Gasteiger charge is 2.46. The number of nitrogens with zero attached hydrogens (tertiary/aromatic N) is 3. The van der Waals surface area contributed by atoms with Crippen molar-refractivity contribution in [3.63, 3.8) is 0 Å². The van der Waals surface area contributed by atoms with Crippen LogP contribution >= 0.6 is 0 Å². The van der Waals surface area contributed by atoms with Gasteiger partial charge in [0.2, 0.25) is 21.8 Å². The first-order valence-electron chi connectivity index (χ1n) is 12.3. The van der Waals surface area contributed by atoms with Crippen molar-refractivity contribution in [2.45, 2.75) is 82.6 Å². The molecule has 0 spiro atoms. The van der Waals surface area contributed by atoms with Gasteiger partial charge in [-0.05, 0) is 82.1 Å². The van der Waals surface area contributed by atoms with Crippen LogP contribution in [0.5, 0.6) is 0 Å². The molecule has 7 nitrogen and oxygen atoms in total. The fourth-order valence-electron chi connectivity index (χ4n) is 5.48. The fraction of sp³-hybridized carbons (Fsp3) is 0.680. The van der Waals surface area contributed by atoms with Gasteiger partial charge in [0.15, 0.2) is 0 Å². The van der Waals surface area contributed by atoms with Crippen molar-refractivity contribution < 1.29 is 18.0 Å². The second-order valence-corrected chi connectivity index (χ2v) is 12.4. The molecular weight excluding hydrogens is 438 g/mol. The van der Waals surface area contributed by atoms with E-state index in [0.29, 0.717) is 30.3 Å². The molecule has 0 bridgehead atoms. The molecule has 0 aromatic heterocycles. The number of piperidine rings is 2.